The van der Waals surface area contributed by atoms with Crippen LogP contribution in [0.2, 0.25) is 0 Å². The van der Waals surface area contributed by atoms with Gasteiger partial charge in [0, 0.05) is 19.5 Å². The van der Waals surface area contributed by atoms with E-state index in [1.54, 1.807) is 17.9 Å². The molecule has 0 saturated heterocycles. The number of ether oxygens (including phenoxy) is 1. The molecule has 1 rings (SSSR count). The number of nitrogens with zero attached hydrogens (tertiary/aromatic N) is 2. The highest BCUT2D eigenvalue weighted by Gasteiger charge is 1.98. The molecule has 1 atom stereocenters. The number of rotatable bonds is 2. The Balaban J connectivity index is 2.65. The summed E-state index contributed by atoms with van der Waals surface area (Å²) in [7, 11) is 1.65. The summed E-state index contributed by atoms with van der Waals surface area (Å²) < 4.78 is 6.75. The maximum atomic E-state index is 4.99. The van der Waals surface area contributed by atoms with Crippen molar-refractivity contribution in [3.8, 4) is 0 Å². The van der Waals surface area contributed by atoms with Gasteiger partial charge in [-0.3, -0.25) is 0 Å². The highest BCUT2D eigenvalue weighted by molar-refractivity contribution is 4.73. The van der Waals surface area contributed by atoms with Crippen molar-refractivity contribution in [1.82, 2.24) is 9.55 Å². The summed E-state index contributed by atoms with van der Waals surface area (Å²) in [6, 6.07) is 0. The summed E-state index contributed by atoms with van der Waals surface area (Å²) in [6.07, 6.45) is 6.25. The molecular weight excluding hydrogens is 116 g/mol. The van der Waals surface area contributed by atoms with Crippen molar-refractivity contribution in [2.75, 3.05) is 7.11 Å². The monoisotopic (exact) mass is 125 g/mol. The zero-order chi connectivity index (χ0) is 6.69. The van der Waals surface area contributed by atoms with Crippen molar-refractivity contribution in [2.45, 2.75) is 13.2 Å². The van der Waals surface area contributed by atoms with Gasteiger partial charge in [-0.2, -0.15) is 0 Å². The van der Waals surface area contributed by atoms with Crippen LogP contribution < -0.4 is 0 Å². The highest BCUT2D eigenvalue weighted by Crippen LogP contribution is 2.01. The minimum atomic E-state index is 0.0347. The third-order valence-corrected chi connectivity index (χ3v) is 1.21. The number of imidazole rings is 1. The van der Waals surface area contributed by atoms with Gasteiger partial charge in [-0.15, -0.1) is 0 Å². The van der Waals surface area contributed by atoms with Crippen molar-refractivity contribution < 1.29 is 4.74 Å². The lowest BCUT2D eigenvalue weighted by atomic mass is 10.6. The summed E-state index contributed by atoms with van der Waals surface area (Å²) in [4.78, 5) is 3.75. The predicted octanol–water partition coefficient (Wildman–Crippen LogP) is 0.848. The first kappa shape index (κ1) is 6.29. The summed E-state index contributed by atoms with van der Waals surface area (Å²) in [5.41, 5.74) is 0. The molecule has 1 radical (unpaired) electrons. The Morgan fingerprint density at radius 3 is 3.00 bits per heavy atom. The molecule has 0 aliphatic heterocycles. The molecule has 0 spiro atoms. The molecule has 0 fully saturated rings. The van der Waals surface area contributed by atoms with Gasteiger partial charge in [0.05, 0.1) is 0 Å². The molecule has 1 aromatic rings. The maximum Gasteiger partial charge on any atom is 0.178 e. The number of methoxy groups -OCH3 is 1. The van der Waals surface area contributed by atoms with E-state index in [2.05, 4.69) is 11.3 Å². The van der Waals surface area contributed by atoms with E-state index < -0.39 is 0 Å². The lowest BCUT2D eigenvalue weighted by Gasteiger charge is -2.08. The summed E-state index contributed by atoms with van der Waals surface area (Å²) >= 11 is 0. The summed E-state index contributed by atoms with van der Waals surface area (Å²) in [5, 5.41) is 0. The van der Waals surface area contributed by atoms with Crippen LogP contribution >= 0.6 is 0 Å². The van der Waals surface area contributed by atoms with Crippen molar-refractivity contribution in [2.24, 2.45) is 0 Å². The summed E-state index contributed by atoms with van der Waals surface area (Å²) in [6.45, 7) is 1.93. The van der Waals surface area contributed by atoms with Crippen LogP contribution in [0.5, 0.6) is 0 Å². The minimum Gasteiger partial charge on any atom is -0.362 e. The zero-order valence-corrected chi connectivity index (χ0v) is 5.53. The number of hydrogen-bond acceptors (Lipinski definition) is 2. The van der Waals surface area contributed by atoms with Crippen LogP contribution in [0.25, 0.3) is 0 Å². The van der Waals surface area contributed by atoms with Crippen LogP contribution in [0, 0.1) is 6.33 Å². The zero-order valence-electron chi connectivity index (χ0n) is 5.53. The first-order valence-corrected chi connectivity index (χ1v) is 2.78. The highest BCUT2D eigenvalue weighted by atomic mass is 16.5. The molecule has 0 N–H and O–H groups in total. The summed E-state index contributed by atoms with van der Waals surface area (Å²) in [5.74, 6) is 0. The van der Waals surface area contributed by atoms with E-state index in [-0.39, 0.29) is 6.23 Å². The molecule has 49 valence electrons. The van der Waals surface area contributed by atoms with Crippen LogP contribution in [0.1, 0.15) is 13.2 Å². The van der Waals surface area contributed by atoms with Crippen LogP contribution in [-0.2, 0) is 4.74 Å². The Morgan fingerprint density at radius 1 is 1.78 bits per heavy atom. The molecular formula is C6H9N2O. The molecule has 1 unspecified atom stereocenters. The smallest absolute Gasteiger partial charge is 0.178 e. The fraction of sp³-hybridized carbons (Fsp3) is 0.500. The average Bonchev–Trinajstić information content (AvgIpc) is 2.37. The fourth-order valence-electron chi connectivity index (χ4n) is 0.555. The molecule has 0 aromatic carbocycles. The van der Waals surface area contributed by atoms with E-state index >= 15 is 0 Å². The van der Waals surface area contributed by atoms with Gasteiger partial charge in [0.1, 0.15) is 6.23 Å². The Labute approximate surface area is 54.3 Å². The third kappa shape index (κ3) is 1.29. The molecule has 3 heteroatoms. The molecule has 0 aliphatic carbocycles. The van der Waals surface area contributed by atoms with E-state index in [0.29, 0.717) is 0 Å². The average molecular weight is 125 g/mol. The van der Waals surface area contributed by atoms with Gasteiger partial charge in [0.15, 0.2) is 6.33 Å². The second kappa shape index (κ2) is 2.64. The lowest BCUT2D eigenvalue weighted by Crippen LogP contribution is -2.03. The first-order chi connectivity index (χ1) is 4.34. The van der Waals surface area contributed by atoms with Crippen molar-refractivity contribution in [3.05, 3.63) is 18.7 Å². The van der Waals surface area contributed by atoms with Crippen molar-refractivity contribution in [1.29, 1.82) is 0 Å². The molecule has 3 nitrogen and oxygen atoms in total. The van der Waals surface area contributed by atoms with Gasteiger partial charge in [-0.05, 0) is 6.92 Å². The normalized spacial score (nSPS) is 13.6. The largest absolute Gasteiger partial charge is 0.362 e. The Morgan fingerprint density at radius 2 is 2.56 bits per heavy atom. The van der Waals surface area contributed by atoms with Gasteiger partial charge in [0.25, 0.3) is 0 Å². The van der Waals surface area contributed by atoms with Gasteiger partial charge >= 0.3 is 0 Å². The second-order valence-electron chi connectivity index (χ2n) is 1.77. The maximum absolute atomic E-state index is 4.99. The first-order valence-electron chi connectivity index (χ1n) is 2.78. The van der Waals surface area contributed by atoms with Gasteiger partial charge in [-0.1, -0.05) is 0 Å². The molecule has 0 amide bonds. The standard InChI is InChI=1S/C6H9N2O/c1-6(9-2)8-4-3-7-5-8/h3-4,6H,1-2H3. The number of aromatic nitrogens is 2. The van der Waals surface area contributed by atoms with Crippen LogP contribution in [0.3, 0.4) is 0 Å². The third-order valence-electron chi connectivity index (χ3n) is 1.21. The van der Waals surface area contributed by atoms with Crippen LogP contribution in [-0.4, -0.2) is 16.7 Å². The Kier molecular flexibility index (Phi) is 1.85. The van der Waals surface area contributed by atoms with Gasteiger partial charge in [-0.25, -0.2) is 4.98 Å². The van der Waals surface area contributed by atoms with Crippen LogP contribution in [0.4, 0.5) is 0 Å². The topological polar surface area (TPSA) is 27.1 Å². The fourth-order valence-corrected chi connectivity index (χ4v) is 0.555. The van der Waals surface area contributed by atoms with E-state index in [4.69, 9.17) is 4.74 Å². The van der Waals surface area contributed by atoms with E-state index in [9.17, 15) is 0 Å². The van der Waals surface area contributed by atoms with E-state index in [0.717, 1.165) is 0 Å². The van der Waals surface area contributed by atoms with Crippen molar-refractivity contribution >= 4 is 0 Å². The predicted molar refractivity (Wildman–Crippen MR) is 32.8 cm³/mol. The molecule has 0 bridgehead atoms. The van der Waals surface area contributed by atoms with Gasteiger partial charge < -0.3 is 9.30 Å². The molecule has 0 saturated carbocycles. The van der Waals surface area contributed by atoms with Crippen LogP contribution in [0.15, 0.2) is 12.4 Å². The molecule has 9 heavy (non-hydrogen) atoms. The minimum absolute atomic E-state index is 0.0347. The second-order valence-corrected chi connectivity index (χ2v) is 1.77. The molecule has 1 heterocycles. The van der Waals surface area contributed by atoms with Gasteiger partial charge in [0.2, 0.25) is 0 Å². The Bertz CT molecular complexity index is 160. The molecule has 1 aromatic heterocycles. The molecule has 0 aliphatic rings. The SMILES string of the molecule is COC(C)n1[c]ncc1. The van der Waals surface area contributed by atoms with E-state index in [1.807, 2.05) is 13.1 Å². The van der Waals surface area contributed by atoms with Crippen molar-refractivity contribution in [3.63, 3.8) is 0 Å². The lowest BCUT2D eigenvalue weighted by molar-refractivity contribution is 0.0597. The number of hydrogen-bond donors (Lipinski definition) is 0. The Hall–Kier alpha value is -0.830. The van der Waals surface area contributed by atoms with E-state index in [1.165, 1.54) is 0 Å². The quantitative estimate of drug-likeness (QED) is 0.585.